The van der Waals surface area contributed by atoms with Crippen LogP contribution in [-0.2, 0) is 35.2 Å². The van der Waals surface area contributed by atoms with E-state index in [-0.39, 0.29) is 25.3 Å². The Bertz CT molecular complexity index is 1410. The van der Waals surface area contributed by atoms with Crippen molar-refractivity contribution in [2.75, 3.05) is 6.54 Å². The molecule has 14 heteroatoms. The van der Waals surface area contributed by atoms with Crippen LogP contribution in [0, 0.1) is 11.8 Å². The number of para-hydroxylation sites is 1. The first kappa shape index (κ1) is 35.0. The Labute approximate surface area is 261 Å². The molecule has 0 aliphatic carbocycles. The minimum absolute atomic E-state index is 0.0187. The molecule has 0 unspecified atom stereocenters. The van der Waals surface area contributed by atoms with Crippen molar-refractivity contribution in [1.29, 1.82) is 0 Å². The maximum absolute atomic E-state index is 13.5. The Morgan fingerprint density at radius 1 is 0.978 bits per heavy atom. The van der Waals surface area contributed by atoms with E-state index >= 15 is 0 Å². The lowest BCUT2D eigenvalue weighted by Crippen LogP contribution is -2.59. The van der Waals surface area contributed by atoms with Gasteiger partial charge >= 0.3 is 11.9 Å². The minimum atomic E-state index is -1.30. The second-order valence-electron chi connectivity index (χ2n) is 12.3. The monoisotopic (exact) mass is 628 g/mol. The summed E-state index contributed by atoms with van der Waals surface area (Å²) in [5.74, 6) is -5.47. The van der Waals surface area contributed by atoms with Crippen LogP contribution in [0.1, 0.15) is 58.9 Å². The number of amides is 4. The summed E-state index contributed by atoms with van der Waals surface area (Å²) in [6, 6.07) is 1.75. The van der Waals surface area contributed by atoms with Crippen LogP contribution in [0.3, 0.4) is 0 Å². The van der Waals surface area contributed by atoms with E-state index in [0.717, 1.165) is 10.9 Å². The summed E-state index contributed by atoms with van der Waals surface area (Å²) in [6.07, 6.45) is 2.17. The van der Waals surface area contributed by atoms with Gasteiger partial charge in [-0.25, -0.2) is 4.79 Å². The number of nitrogens with one attached hydrogen (secondary N) is 4. The second-order valence-corrected chi connectivity index (χ2v) is 12.3. The number of aromatic amines is 1. The average molecular weight is 629 g/mol. The van der Waals surface area contributed by atoms with Gasteiger partial charge in [-0.15, -0.1) is 0 Å². The fourth-order valence-electron chi connectivity index (χ4n) is 5.53. The second kappa shape index (κ2) is 15.5. The quantitative estimate of drug-likeness (QED) is 0.147. The molecule has 5 atom stereocenters. The van der Waals surface area contributed by atoms with Crippen molar-refractivity contribution in [1.82, 2.24) is 25.8 Å². The molecule has 8 N–H and O–H groups in total. The molecule has 14 nitrogen and oxygen atoms in total. The zero-order valence-electron chi connectivity index (χ0n) is 26.0. The van der Waals surface area contributed by atoms with Gasteiger partial charge in [-0.1, -0.05) is 45.9 Å². The van der Waals surface area contributed by atoms with Gasteiger partial charge in [-0.2, -0.15) is 0 Å². The van der Waals surface area contributed by atoms with Gasteiger partial charge in [0, 0.05) is 30.1 Å². The van der Waals surface area contributed by atoms with Crippen LogP contribution >= 0.6 is 0 Å². The molecule has 1 aliphatic heterocycles. The summed E-state index contributed by atoms with van der Waals surface area (Å²) in [7, 11) is 0. The normalized spacial score (nSPS) is 17.5. The molecule has 246 valence electrons. The molecule has 0 bridgehead atoms. The third-order valence-corrected chi connectivity index (χ3v) is 7.85. The predicted octanol–water partition coefficient (Wildman–Crippen LogP) is 0.745. The van der Waals surface area contributed by atoms with Crippen LogP contribution in [0.4, 0.5) is 0 Å². The number of carboxylic acids is 2. The number of aromatic nitrogens is 1. The Morgan fingerprint density at radius 3 is 2.27 bits per heavy atom. The van der Waals surface area contributed by atoms with Crippen molar-refractivity contribution in [2.45, 2.75) is 90.0 Å². The number of likely N-dealkylation sites (tertiary alicyclic amines) is 1. The molecule has 1 fully saturated rings. The average Bonchev–Trinajstić information content (AvgIpc) is 3.61. The van der Waals surface area contributed by atoms with Crippen molar-refractivity contribution >= 4 is 46.5 Å². The first-order valence-electron chi connectivity index (χ1n) is 15.2. The third-order valence-electron chi connectivity index (χ3n) is 7.85. The summed E-state index contributed by atoms with van der Waals surface area (Å²) >= 11 is 0. The van der Waals surface area contributed by atoms with E-state index in [2.05, 4.69) is 20.9 Å². The number of H-pyrrole nitrogens is 1. The van der Waals surface area contributed by atoms with E-state index in [1.807, 2.05) is 38.1 Å². The van der Waals surface area contributed by atoms with Gasteiger partial charge in [0.1, 0.15) is 24.2 Å². The van der Waals surface area contributed by atoms with Crippen molar-refractivity contribution in [3.05, 3.63) is 36.0 Å². The van der Waals surface area contributed by atoms with Gasteiger partial charge in [0.25, 0.3) is 0 Å². The van der Waals surface area contributed by atoms with Gasteiger partial charge in [-0.3, -0.25) is 24.0 Å². The molecule has 1 aromatic carbocycles. The summed E-state index contributed by atoms with van der Waals surface area (Å²) in [4.78, 5) is 80.5. The third kappa shape index (κ3) is 9.27. The molecule has 1 aliphatic rings. The SMILES string of the molecule is CC(C)C[C@H](NC(=O)[C@H](NC(=O)[C@@H]1CCCN1C(=O)[C@H](N)CC(=O)O)C(C)C)C(=O)N[C@H](Cc1c[nH]c2ccccc12)C(=O)O. The summed E-state index contributed by atoms with van der Waals surface area (Å²) in [5.41, 5.74) is 7.30. The van der Waals surface area contributed by atoms with Gasteiger partial charge in [0.15, 0.2) is 0 Å². The van der Waals surface area contributed by atoms with E-state index in [9.17, 15) is 33.9 Å². The Morgan fingerprint density at radius 2 is 1.64 bits per heavy atom. The van der Waals surface area contributed by atoms with E-state index in [1.54, 1.807) is 20.0 Å². The lowest BCUT2D eigenvalue weighted by molar-refractivity contribution is -0.144. The van der Waals surface area contributed by atoms with Gasteiger partial charge in [0.2, 0.25) is 23.6 Å². The molecule has 3 rings (SSSR count). The molecule has 1 aromatic heterocycles. The smallest absolute Gasteiger partial charge is 0.326 e. The van der Waals surface area contributed by atoms with E-state index in [1.165, 1.54) is 4.90 Å². The lowest BCUT2D eigenvalue weighted by atomic mass is 9.98. The number of hydrogen-bond donors (Lipinski definition) is 7. The fourth-order valence-corrected chi connectivity index (χ4v) is 5.53. The highest BCUT2D eigenvalue weighted by molar-refractivity contribution is 5.96. The Balaban J connectivity index is 1.71. The van der Waals surface area contributed by atoms with E-state index < -0.39 is 78.1 Å². The van der Waals surface area contributed by atoms with Crippen molar-refractivity contribution in [2.24, 2.45) is 17.6 Å². The zero-order chi connectivity index (χ0) is 33.4. The van der Waals surface area contributed by atoms with Crippen molar-refractivity contribution in [3.63, 3.8) is 0 Å². The van der Waals surface area contributed by atoms with Gasteiger partial charge in [0.05, 0.1) is 12.5 Å². The Kier molecular flexibility index (Phi) is 12.1. The predicted molar refractivity (Wildman–Crippen MR) is 165 cm³/mol. The first-order valence-corrected chi connectivity index (χ1v) is 15.2. The number of benzene rings is 1. The number of carbonyl (C=O) groups is 6. The maximum atomic E-state index is 13.5. The molecule has 0 saturated carbocycles. The van der Waals surface area contributed by atoms with E-state index in [4.69, 9.17) is 10.8 Å². The largest absolute Gasteiger partial charge is 0.481 e. The number of rotatable bonds is 15. The number of carbonyl (C=O) groups excluding carboxylic acids is 4. The molecule has 1 saturated heterocycles. The number of nitrogens with zero attached hydrogens (tertiary/aromatic N) is 1. The summed E-state index contributed by atoms with van der Waals surface area (Å²) in [6.45, 7) is 7.36. The molecule has 45 heavy (non-hydrogen) atoms. The molecule has 4 amide bonds. The number of aliphatic carboxylic acids is 2. The fraction of sp³-hybridized carbons (Fsp3) is 0.548. The highest BCUT2D eigenvalue weighted by Crippen LogP contribution is 2.21. The van der Waals surface area contributed by atoms with Crippen LogP contribution in [0.5, 0.6) is 0 Å². The number of carboxylic acid groups (broad SMARTS) is 2. The summed E-state index contributed by atoms with van der Waals surface area (Å²) in [5, 5.41) is 27.7. The standard InChI is InChI=1S/C31H44N6O8/c1-16(2)12-22(27(40)35-23(31(44)45)13-18-15-33-21-9-6-5-8-19(18)21)34-29(42)26(17(3)4)36-28(41)24-10-7-11-37(24)30(43)20(32)14-25(38)39/h5-6,8-9,15-17,20,22-24,26,33H,7,10-14,32H2,1-4H3,(H,34,42)(H,35,40)(H,36,41)(H,38,39)(H,44,45)/t20-,22+,23-,24+,26-/m1/s1. The van der Waals surface area contributed by atoms with Crippen LogP contribution in [0.2, 0.25) is 0 Å². The molecule has 0 radical (unpaired) electrons. The molecule has 2 heterocycles. The van der Waals surface area contributed by atoms with Gasteiger partial charge in [-0.05, 0) is 42.7 Å². The zero-order valence-corrected chi connectivity index (χ0v) is 26.0. The lowest BCUT2D eigenvalue weighted by Gasteiger charge is -2.30. The summed E-state index contributed by atoms with van der Waals surface area (Å²) < 4.78 is 0. The minimum Gasteiger partial charge on any atom is -0.481 e. The highest BCUT2D eigenvalue weighted by atomic mass is 16.4. The van der Waals surface area contributed by atoms with Crippen molar-refractivity contribution in [3.8, 4) is 0 Å². The number of fused-ring (bicyclic) bond motifs is 1. The molecular weight excluding hydrogens is 584 g/mol. The topological polar surface area (TPSA) is 224 Å². The number of nitrogens with two attached hydrogens (primary N) is 1. The van der Waals surface area contributed by atoms with E-state index in [0.29, 0.717) is 18.4 Å². The van der Waals surface area contributed by atoms with Crippen LogP contribution < -0.4 is 21.7 Å². The maximum Gasteiger partial charge on any atom is 0.326 e. The first-order chi connectivity index (χ1) is 21.2. The van der Waals surface area contributed by atoms with Crippen molar-refractivity contribution < 1.29 is 39.0 Å². The highest BCUT2D eigenvalue weighted by Gasteiger charge is 2.39. The molecule has 0 spiro atoms. The molecule has 2 aromatic rings. The number of hydrogen-bond acceptors (Lipinski definition) is 7. The Hall–Kier alpha value is -4.46. The van der Waals surface area contributed by atoms with Crippen LogP contribution in [0.25, 0.3) is 10.9 Å². The van der Waals surface area contributed by atoms with Gasteiger partial charge < -0.3 is 41.8 Å². The van der Waals surface area contributed by atoms with Crippen LogP contribution in [-0.4, -0.2) is 92.4 Å². The van der Waals surface area contributed by atoms with Crippen LogP contribution in [0.15, 0.2) is 30.5 Å². The molecular formula is C31H44N6O8.